The van der Waals surface area contributed by atoms with Crippen molar-refractivity contribution < 1.29 is 9.90 Å². The van der Waals surface area contributed by atoms with Crippen LogP contribution in [0.15, 0.2) is 29.9 Å². The molecule has 0 aliphatic heterocycles. The van der Waals surface area contributed by atoms with Crippen molar-refractivity contribution in [2.45, 2.75) is 6.54 Å². The summed E-state index contributed by atoms with van der Waals surface area (Å²) in [5.74, 6) is 5.54. The second-order valence-corrected chi connectivity index (χ2v) is 5.33. The number of nitrogens with zero attached hydrogens (tertiary/aromatic N) is 2. The summed E-state index contributed by atoms with van der Waals surface area (Å²) in [5, 5.41) is 11.3. The van der Waals surface area contributed by atoms with Crippen LogP contribution in [0.25, 0.3) is 0 Å². The maximum Gasteiger partial charge on any atom is 0.255 e. The Kier molecular flexibility index (Phi) is 4.93. The predicted octanol–water partition coefficient (Wildman–Crippen LogP) is 1.43. The summed E-state index contributed by atoms with van der Waals surface area (Å²) in [6.07, 6.45) is 2.72. The highest BCUT2D eigenvalue weighted by atomic mass is 32.1. The molecule has 0 radical (unpaired) electrons. The van der Waals surface area contributed by atoms with Gasteiger partial charge in [-0.15, -0.1) is 11.3 Å². The zero-order chi connectivity index (χ0) is 15.2. The van der Waals surface area contributed by atoms with E-state index in [4.69, 9.17) is 5.73 Å². The minimum Gasteiger partial charge on any atom is -0.506 e. The van der Waals surface area contributed by atoms with Crippen molar-refractivity contribution in [2.24, 2.45) is 5.73 Å². The molecule has 0 bridgehead atoms. The Bertz CT molecular complexity index is 700. The van der Waals surface area contributed by atoms with E-state index in [1.807, 2.05) is 11.4 Å². The van der Waals surface area contributed by atoms with Gasteiger partial charge in [0.2, 0.25) is 0 Å². The fraction of sp³-hybridized carbons (Fsp3) is 0.200. The van der Waals surface area contributed by atoms with Gasteiger partial charge in [0.15, 0.2) is 0 Å². The van der Waals surface area contributed by atoms with E-state index in [1.165, 1.54) is 29.8 Å². The Labute approximate surface area is 127 Å². The van der Waals surface area contributed by atoms with Crippen molar-refractivity contribution in [3.8, 4) is 17.6 Å². The molecule has 0 aliphatic rings. The Morgan fingerprint density at radius 2 is 2.29 bits per heavy atom. The van der Waals surface area contributed by atoms with Gasteiger partial charge in [-0.2, -0.15) is 0 Å². The molecule has 1 amide bonds. The summed E-state index contributed by atoms with van der Waals surface area (Å²) < 4.78 is 0. The number of aromatic hydroxyl groups is 1. The van der Waals surface area contributed by atoms with Crippen LogP contribution in [0.1, 0.15) is 20.8 Å². The van der Waals surface area contributed by atoms with Gasteiger partial charge in [0, 0.05) is 19.8 Å². The molecule has 0 fully saturated rings. The highest BCUT2D eigenvalue weighted by Crippen LogP contribution is 2.17. The average Bonchev–Trinajstić information content (AvgIpc) is 2.91. The molecule has 2 aromatic rings. The third-order valence-electron chi connectivity index (χ3n) is 2.70. The number of carbonyl (C=O) groups excluding carboxylic acids is 1. The number of carbonyl (C=O) groups is 1. The molecule has 0 saturated carbocycles. The van der Waals surface area contributed by atoms with Crippen LogP contribution in [0.3, 0.4) is 0 Å². The van der Waals surface area contributed by atoms with E-state index >= 15 is 0 Å². The second kappa shape index (κ2) is 6.88. The van der Waals surface area contributed by atoms with Gasteiger partial charge in [0.05, 0.1) is 23.2 Å². The molecule has 0 saturated heterocycles. The van der Waals surface area contributed by atoms with Gasteiger partial charge in [-0.05, 0) is 23.1 Å². The number of nitrogens with two attached hydrogens (primary N) is 1. The quantitative estimate of drug-likeness (QED) is 0.841. The van der Waals surface area contributed by atoms with Crippen LogP contribution in [-0.4, -0.2) is 34.5 Å². The van der Waals surface area contributed by atoms with Crippen LogP contribution >= 0.6 is 11.3 Å². The summed E-state index contributed by atoms with van der Waals surface area (Å²) in [6.45, 7) is 0.797. The normalized spacial score (nSPS) is 9.81. The number of aromatic nitrogens is 1. The van der Waals surface area contributed by atoms with Gasteiger partial charge in [-0.1, -0.05) is 11.8 Å². The fourth-order valence-electron chi connectivity index (χ4n) is 1.77. The molecular weight excluding hydrogens is 286 g/mol. The smallest absolute Gasteiger partial charge is 0.255 e. The summed E-state index contributed by atoms with van der Waals surface area (Å²) in [7, 11) is 1.70. The fourth-order valence-corrected chi connectivity index (χ4v) is 2.54. The van der Waals surface area contributed by atoms with Gasteiger partial charge in [-0.3, -0.25) is 9.78 Å². The van der Waals surface area contributed by atoms with Crippen molar-refractivity contribution in [2.75, 3.05) is 13.6 Å². The standard InChI is InChI=1S/C15H15N3O2S/c1-18(15(20)12-6-13(19)8-17-7-12)9-11-5-14(21-10-11)3-2-4-16/h5-8,10,19H,4,9,16H2,1H3. The minimum atomic E-state index is -0.195. The molecule has 0 aromatic carbocycles. The van der Waals surface area contributed by atoms with Gasteiger partial charge in [-0.25, -0.2) is 0 Å². The maximum atomic E-state index is 12.2. The van der Waals surface area contributed by atoms with Crippen molar-refractivity contribution in [3.63, 3.8) is 0 Å². The van der Waals surface area contributed by atoms with Crippen LogP contribution in [-0.2, 0) is 6.54 Å². The van der Waals surface area contributed by atoms with Gasteiger partial charge >= 0.3 is 0 Å². The zero-order valence-corrected chi connectivity index (χ0v) is 12.4. The molecule has 0 aliphatic carbocycles. The molecule has 0 spiro atoms. The van der Waals surface area contributed by atoms with E-state index in [0.717, 1.165) is 10.4 Å². The monoisotopic (exact) mass is 301 g/mol. The van der Waals surface area contributed by atoms with E-state index in [1.54, 1.807) is 11.9 Å². The van der Waals surface area contributed by atoms with Crippen LogP contribution in [0.4, 0.5) is 0 Å². The van der Waals surface area contributed by atoms with Gasteiger partial charge in [0.25, 0.3) is 5.91 Å². The number of pyridine rings is 1. The van der Waals surface area contributed by atoms with Crippen molar-refractivity contribution in [3.05, 3.63) is 45.9 Å². The van der Waals surface area contributed by atoms with E-state index in [0.29, 0.717) is 18.7 Å². The minimum absolute atomic E-state index is 0.0240. The van der Waals surface area contributed by atoms with Crippen LogP contribution in [0.2, 0.25) is 0 Å². The van der Waals surface area contributed by atoms with E-state index in [2.05, 4.69) is 16.8 Å². The Morgan fingerprint density at radius 3 is 3.00 bits per heavy atom. The van der Waals surface area contributed by atoms with Crippen molar-refractivity contribution in [1.82, 2.24) is 9.88 Å². The largest absolute Gasteiger partial charge is 0.506 e. The lowest BCUT2D eigenvalue weighted by Crippen LogP contribution is -2.26. The number of thiophene rings is 1. The Hall–Kier alpha value is -2.36. The highest BCUT2D eigenvalue weighted by Gasteiger charge is 2.13. The Morgan fingerprint density at radius 1 is 1.48 bits per heavy atom. The lowest BCUT2D eigenvalue weighted by atomic mass is 10.2. The first-order valence-corrected chi connectivity index (χ1v) is 7.14. The van der Waals surface area contributed by atoms with E-state index in [9.17, 15) is 9.90 Å². The van der Waals surface area contributed by atoms with E-state index < -0.39 is 0 Å². The summed E-state index contributed by atoms with van der Waals surface area (Å²) >= 11 is 1.52. The molecule has 0 atom stereocenters. The van der Waals surface area contributed by atoms with Crippen molar-refractivity contribution >= 4 is 17.2 Å². The lowest BCUT2D eigenvalue weighted by molar-refractivity contribution is 0.0784. The topological polar surface area (TPSA) is 79.5 Å². The van der Waals surface area contributed by atoms with E-state index in [-0.39, 0.29) is 11.7 Å². The second-order valence-electron chi connectivity index (χ2n) is 4.42. The third kappa shape index (κ3) is 4.05. The molecule has 2 rings (SSSR count). The number of hydrogen-bond donors (Lipinski definition) is 2. The molecule has 2 aromatic heterocycles. The van der Waals surface area contributed by atoms with Crippen LogP contribution in [0, 0.1) is 11.8 Å². The van der Waals surface area contributed by atoms with Gasteiger partial charge < -0.3 is 15.7 Å². The van der Waals surface area contributed by atoms with Gasteiger partial charge in [0.1, 0.15) is 5.75 Å². The summed E-state index contributed by atoms with van der Waals surface area (Å²) in [4.78, 5) is 18.5. The number of amides is 1. The number of rotatable bonds is 3. The first-order valence-electron chi connectivity index (χ1n) is 6.26. The molecule has 3 N–H and O–H groups in total. The molecular formula is C15H15N3O2S. The maximum absolute atomic E-state index is 12.2. The lowest BCUT2D eigenvalue weighted by Gasteiger charge is -2.16. The Balaban J connectivity index is 2.05. The summed E-state index contributed by atoms with van der Waals surface area (Å²) in [6, 6.07) is 3.34. The third-order valence-corrected chi connectivity index (χ3v) is 3.60. The van der Waals surface area contributed by atoms with Crippen LogP contribution < -0.4 is 5.73 Å². The molecule has 0 unspecified atom stereocenters. The molecule has 21 heavy (non-hydrogen) atoms. The molecule has 108 valence electrons. The number of hydrogen-bond acceptors (Lipinski definition) is 5. The molecule has 2 heterocycles. The molecule has 6 heteroatoms. The van der Waals surface area contributed by atoms with Crippen molar-refractivity contribution in [1.29, 1.82) is 0 Å². The molecule has 5 nitrogen and oxygen atoms in total. The highest BCUT2D eigenvalue weighted by molar-refractivity contribution is 7.10. The summed E-state index contributed by atoms with van der Waals surface area (Å²) in [5.41, 5.74) is 6.69. The average molecular weight is 301 g/mol. The zero-order valence-electron chi connectivity index (χ0n) is 11.5. The first-order chi connectivity index (χ1) is 10.1. The first kappa shape index (κ1) is 15.0. The SMILES string of the molecule is CN(Cc1csc(C#CCN)c1)C(=O)c1cncc(O)c1. The predicted molar refractivity (Wildman–Crippen MR) is 82.0 cm³/mol. The van der Waals surface area contributed by atoms with Crippen LogP contribution in [0.5, 0.6) is 5.75 Å².